The lowest BCUT2D eigenvalue weighted by atomic mass is 10.3. The van der Waals surface area contributed by atoms with Crippen LogP contribution < -0.4 is 0 Å². The second kappa shape index (κ2) is 4.02. The summed E-state index contributed by atoms with van der Waals surface area (Å²) in [5.74, 6) is 0.248. The van der Waals surface area contributed by atoms with E-state index in [1.165, 1.54) is 16.4 Å². The first-order valence-electron chi connectivity index (χ1n) is 4.83. The Labute approximate surface area is 100 Å². The predicted octanol–water partition coefficient (Wildman–Crippen LogP) is 1.38. The van der Waals surface area contributed by atoms with Gasteiger partial charge in [0, 0.05) is 4.90 Å². The van der Waals surface area contributed by atoms with E-state index >= 15 is 0 Å². The number of aromatic hydroxyl groups is 1. The zero-order valence-corrected chi connectivity index (χ0v) is 9.37. The van der Waals surface area contributed by atoms with Crippen LogP contribution in [0.2, 0.25) is 0 Å². The lowest BCUT2D eigenvalue weighted by Crippen LogP contribution is -1.94. The number of fused-ring (bicyclic) bond motifs is 1. The summed E-state index contributed by atoms with van der Waals surface area (Å²) < 4.78 is 1.38. The number of hydrogen-bond donors (Lipinski definition) is 1. The quantitative estimate of drug-likeness (QED) is 0.735. The fourth-order valence-corrected chi connectivity index (χ4v) is 2.09. The molecule has 0 bridgehead atoms. The van der Waals surface area contributed by atoms with Gasteiger partial charge in [0.2, 0.25) is 0 Å². The molecule has 17 heavy (non-hydrogen) atoms. The Bertz CT molecular complexity index is 651. The van der Waals surface area contributed by atoms with Crippen LogP contribution >= 0.6 is 11.8 Å². The maximum Gasteiger partial charge on any atom is 0.200 e. The zero-order chi connectivity index (χ0) is 11.7. The van der Waals surface area contributed by atoms with Crippen LogP contribution in [0.4, 0.5) is 0 Å². The molecule has 0 saturated carbocycles. The van der Waals surface area contributed by atoms with Crippen molar-refractivity contribution in [1.82, 2.24) is 25.3 Å². The molecule has 1 aromatic carbocycles. The smallest absolute Gasteiger partial charge is 0.200 e. The largest absolute Gasteiger partial charge is 0.508 e. The van der Waals surface area contributed by atoms with Gasteiger partial charge in [-0.1, -0.05) is 11.8 Å². The van der Waals surface area contributed by atoms with Crippen molar-refractivity contribution in [2.45, 2.75) is 9.92 Å². The lowest BCUT2D eigenvalue weighted by molar-refractivity contribution is 0.475. The van der Waals surface area contributed by atoms with E-state index in [0.717, 1.165) is 9.92 Å². The number of tetrazole rings is 1. The summed E-state index contributed by atoms with van der Waals surface area (Å²) in [5.41, 5.74) is 0.611. The van der Waals surface area contributed by atoms with Crippen LogP contribution in [0.15, 0.2) is 46.3 Å². The molecule has 2 heterocycles. The molecule has 0 unspecified atom stereocenters. The number of phenols is 1. The van der Waals surface area contributed by atoms with Crippen LogP contribution in [0.25, 0.3) is 5.65 Å². The topological polar surface area (TPSA) is 76.2 Å². The summed E-state index contributed by atoms with van der Waals surface area (Å²) in [6, 6.07) is 10.6. The number of nitrogens with zero attached hydrogens (tertiary/aromatic N) is 5. The minimum Gasteiger partial charge on any atom is -0.508 e. The second-order valence-corrected chi connectivity index (χ2v) is 4.39. The summed E-state index contributed by atoms with van der Waals surface area (Å²) in [4.78, 5) is 0.989. The number of aromatic nitrogens is 5. The van der Waals surface area contributed by atoms with Gasteiger partial charge in [-0.15, -0.1) is 14.8 Å². The van der Waals surface area contributed by atoms with Crippen LogP contribution in [-0.2, 0) is 0 Å². The Balaban J connectivity index is 1.91. The van der Waals surface area contributed by atoms with Crippen LogP contribution in [0.5, 0.6) is 5.75 Å². The molecule has 84 valence electrons. The summed E-state index contributed by atoms with van der Waals surface area (Å²) in [6.07, 6.45) is 0. The van der Waals surface area contributed by atoms with Crippen LogP contribution in [0, 0.1) is 0 Å². The van der Waals surface area contributed by atoms with Gasteiger partial charge in [0.15, 0.2) is 5.65 Å². The molecule has 0 radical (unpaired) electrons. The second-order valence-electron chi connectivity index (χ2n) is 3.29. The SMILES string of the molecule is Oc1ccc(Sc2ccc3nnnn3n2)cc1. The first-order valence-corrected chi connectivity index (χ1v) is 5.65. The predicted molar refractivity (Wildman–Crippen MR) is 60.8 cm³/mol. The molecule has 0 spiro atoms. The van der Waals surface area contributed by atoms with Gasteiger partial charge in [0.1, 0.15) is 10.8 Å². The van der Waals surface area contributed by atoms with Crippen molar-refractivity contribution in [3.8, 4) is 5.75 Å². The van der Waals surface area contributed by atoms with Gasteiger partial charge >= 0.3 is 0 Å². The van der Waals surface area contributed by atoms with Gasteiger partial charge < -0.3 is 5.11 Å². The molecule has 7 heteroatoms. The van der Waals surface area contributed by atoms with Crippen LogP contribution in [-0.4, -0.2) is 30.4 Å². The number of rotatable bonds is 2. The molecule has 0 atom stereocenters. The minimum atomic E-state index is 0.248. The molecule has 0 aliphatic carbocycles. The van der Waals surface area contributed by atoms with Gasteiger partial charge in [-0.2, -0.15) is 0 Å². The Morgan fingerprint density at radius 3 is 2.71 bits per heavy atom. The molecular weight excluding hydrogens is 238 g/mol. The summed E-state index contributed by atoms with van der Waals surface area (Å²) in [6.45, 7) is 0. The fraction of sp³-hybridized carbons (Fsp3) is 0. The number of benzene rings is 1. The first kappa shape index (κ1) is 10.0. The summed E-state index contributed by atoms with van der Waals surface area (Å²) in [5, 5.41) is 25.2. The monoisotopic (exact) mass is 245 g/mol. The molecule has 3 aromatic rings. The van der Waals surface area contributed by atoms with Gasteiger partial charge in [0.05, 0.1) is 0 Å². The zero-order valence-electron chi connectivity index (χ0n) is 8.56. The third kappa shape index (κ3) is 2.04. The molecule has 2 aromatic heterocycles. The van der Waals surface area contributed by atoms with Crippen LogP contribution in [0.1, 0.15) is 0 Å². The van der Waals surface area contributed by atoms with Crippen molar-refractivity contribution in [2.24, 2.45) is 0 Å². The molecule has 0 aliphatic heterocycles. The maximum atomic E-state index is 9.18. The number of phenolic OH excluding ortho intramolecular Hbond substituents is 1. The van der Waals surface area contributed by atoms with Crippen molar-refractivity contribution in [3.63, 3.8) is 0 Å². The maximum absolute atomic E-state index is 9.18. The summed E-state index contributed by atoms with van der Waals surface area (Å²) in [7, 11) is 0. The van der Waals surface area contributed by atoms with E-state index in [1.807, 2.05) is 18.2 Å². The number of hydrogen-bond acceptors (Lipinski definition) is 6. The highest BCUT2D eigenvalue weighted by Gasteiger charge is 2.02. The molecule has 3 rings (SSSR count). The summed E-state index contributed by atoms with van der Waals surface area (Å²) >= 11 is 1.48. The highest BCUT2D eigenvalue weighted by atomic mass is 32.2. The average molecular weight is 245 g/mol. The Kier molecular flexibility index (Phi) is 2.37. The highest BCUT2D eigenvalue weighted by Crippen LogP contribution is 2.26. The van der Waals surface area contributed by atoms with E-state index in [1.54, 1.807) is 18.2 Å². The molecule has 0 aliphatic rings. The normalized spacial score (nSPS) is 10.8. The van der Waals surface area contributed by atoms with Crippen molar-refractivity contribution < 1.29 is 5.11 Å². The van der Waals surface area contributed by atoms with E-state index in [9.17, 15) is 5.11 Å². The Hall–Kier alpha value is -2.15. The third-order valence-corrected chi connectivity index (χ3v) is 3.04. The van der Waals surface area contributed by atoms with E-state index in [2.05, 4.69) is 20.6 Å². The molecule has 0 amide bonds. The molecule has 0 saturated heterocycles. The Morgan fingerprint density at radius 1 is 1.06 bits per heavy atom. The van der Waals surface area contributed by atoms with E-state index in [4.69, 9.17) is 0 Å². The van der Waals surface area contributed by atoms with E-state index in [0.29, 0.717) is 5.65 Å². The first-order chi connectivity index (χ1) is 8.31. The van der Waals surface area contributed by atoms with Gasteiger partial charge in [-0.05, 0) is 46.8 Å². The van der Waals surface area contributed by atoms with E-state index in [-0.39, 0.29) is 5.75 Å². The van der Waals surface area contributed by atoms with Gasteiger partial charge in [-0.3, -0.25) is 0 Å². The molecule has 0 fully saturated rings. The van der Waals surface area contributed by atoms with E-state index < -0.39 is 0 Å². The lowest BCUT2D eigenvalue weighted by Gasteiger charge is -2.00. The van der Waals surface area contributed by atoms with Gasteiger partial charge in [0.25, 0.3) is 0 Å². The van der Waals surface area contributed by atoms with Gasteiger partial charge in [-0.25, -0.2) is 0 Å². The van der Waals surface area contributed by atoms with Crippen molar-refractivity contribution in [3.05, 3.63) is 36.4 Å². The van der Waals surface area contributed by atoms with Crippen molar-refractivity contribution in [2.75, 3.05) is 0 Å². The molecule has 1 N–H and O–H groups in total. The highest BCUT2D eigenvalue weighted by molar-refractivity contribution is 7.99. The minimum absolute atomic E-state index is 0.248. The van der Waals surface area contributed by atoms with Crippen molar-refractivity contribution >= 4 is 17.4 Å². The van der Waals surface area contributed by atoms with Crippen molar-refractivity contribution in [1.29, 1.82) is 0 Å². The third-order valence-electron chi connectivity index (χ3n) is 2.10. The molecule has 6 nitrogen and oxygen atoms in total. The standard InChI is InChI=1S/C10H7N5OS/c16-7-1-3-8(4-2-7)17-10-6-5-9-11-13-14-15(9)12-10/h1-6,16H. The average Bonchev–Trinajstić information content (AvgIpc) is 2.79. The van der Waals surface area contributed by atoms with Crippen LogP contribution in [0.3, 0.4) is 0 Å². The fourth-order valence-electron chi connectivity index (χ4n) is 1.32. The molecular formula is C10H7N5OS. The Morgan fingerprint density at radius 2 is 1.88 bits per heavy atom.